The summed E-state index contributed by atoms with van der Waals surface area (Å²) in [6, 6.07) is 5.39. The molecule has 2 aromatic rings. The van der Waals surface area contributed by atoms with Crippen molar-refractivity contribution in [2.45, 2.75) is 31.7 Å². The van der Waals surface area contributed by atoms with Gasteiger partial charge < -0.3 is 16.0 Å². The Kier molecular flexibility index (Phi) is 5.19. The average Bonchev–Trinajstić information content (AvgIpc) is 3.55. The van der Waals surface area contributed by atoms with E-state index < -0.39 is 17.6 Å². The maximum Gasteiger partial charge on any atom is 0.260 e. The minimum absolute atomic E-state index is 0.0371. The maximum absolute atomic E-state index is 14.1. The number of aromatic nitrogens is 1. The van der Waals surface area contributed by atoms with Gasteiger partial charge >= 0.3 is 0 Å². The number of carbonyl (C=O) groups excluding carboxylic acids is 3. The molecule has 7 nitrogen and oxygen atoms in total. The van der Waals surface area contributed by atoms with E-state index in [2.05, 4.69) is 20.9 Å². The van der Waals surface area contributed by atoms with E-state index in [-0.39, 0.29) is 45.5 Å². The van der Waals surface area contributed by atoms with Crippen molar-refractivity contribution in [3.63, 3.8) is 0 Å². The number of hydrogen-bond acceptors (Lipinski definition) is 4. The Morgan fingerprint density at radius 1 is 1.07 bits per heavy atom. The highest BCUT2D eigenvalue weighted by atomic mass is 35.5. The van der Waals surface area contributed by atoms with Crippen molar-refractivity contribution < 1.29 is 18.8 Å². The summed E-state index contributed by atoms with van der Waals surface area (Å²) in [4.78, 5) is 41.3. The van der Waals surface area contributed by atoms with Crippen LogP contribution in [0.1, 0.15) is 46.4 Å². The van der Waals surface area contributed by atoms with Crippen molar-refractivity contribution in [1.29, 1.82) is 0 Å². The molecule has 3 N–H and O–H groups in total. The molecule has 0 aliphatic heterocycles. The summed E-state index contributed by atoms with van der Waals surface area (Å²) in [5.74, 6) is -2.00. The third-order valence-corrected chi connectivity index (χ3v) is 5.01. The molecular weight excluding hydrogens is 399 g/mol. The number of rotatable bonds is 6. The zero-order valence-electron chi connectivity index (χ0n) is 15.3. The smallest absolute Gasteiger partial charge is 0.260 e. The molecule has 0 saturated heterocycles. The first-order chi connectivity index (χ1) is 13.9. The van der Waals surface area contributed by atoms with Gasteiger partial charge in [0.1, 0.15) is 11.6 Å². The summed E-state index contributed by atoms with van der Waals surface area (Å²) in [7, 11) is 0. The van der Waals surface area contributed by atoms with Gasteiger partial charge in [0.2, 0.25) is 5.91 Å². The third kappa shape index (κ3) is 4.54. The monoisotopic (exact) mass is 416 g/mol. The summed E-state index contributed by atoms with van der Waals surface area (Å²) < 4.78 is 14.1. The summed E-state index contributed by atoms with van der Waals surface area (Å²) in [5, 5.41) is 7.96. The molecule has 29 heavy (non-hydrogen) atoms. The van der Waals surface area contributed by atoms with Crippen molar-refractivity contribution in [3.8, 4) is 0 Å². The van der Waals surface area contributed by atoms with Gasteiger partial charge in [-0.25, -0.2) is 9.37 Å². The maximum atomic E-state index is 14.1. The number of nitrogens with zero attached hydrogens (tertiary/aromatic N) is 1. The average molecular weight is 417 g/mol. The summed E-state index contributed by atoms with van der Waals surface area (Å²) in [6.45, 7) is 0. The fraction of sp³-hybridized carbons (Fsp3) is 0.300. The molecule has 2 aliphatic carbocycles. The number of amides is 3. The molecule has 2 aliphatic rings. The SMILES string of the molecule is O=C(NC1CC1)c1cnc(NC(=O)C2CC2)cc1NC(=O)c1c(F)cccc1Cl. The van der Waals surface area contributed by atoms with Crippen LogP contribution in [0.3, 0.4) is 0 Å². The molecule has 2 saturated carbocycles. The minimum atomic E-state index is -0.806. The second-order valence-corrected chi connectivity index (χ2v) is 7.58. The molecule has 0 atom stereocenters. The van der Waals surface area contributed by atoms with Crippen molar-refractivity contribution >= 4 is 40.8 Å². The van der Waals surface area contributed by atoms with Crippen LogP contribution in [0.4, 0.5) is 15.9 Å². The number of hydrogen-bond donors (Lipinski definition) is 3. The van der Waals surface area contributed by atoms with Gasteiger partial charge in [0, 0.05) is 24.2 Å². The predicted octanol–water partition coefficient (Wildman–Crippen LogP) is 3.37. The van der Waals surface area contributed by atoms with Crippen LogP contribution in [0, 0.1) is 11.7 Å². The summed E-state index contributed by atoms with van der Waals surface area (Å²) in [5.41, 5.74) is -0.112. The fourth-order valence-corrected chi connectivity index (χ4v) is 3.02. The van der Waals surface area contributed by atoms with E-state index >= 15 is 0 Å². The molecule has 0 bridgehead atoms. The van der Waals surface area contributed by atoms with Crippen LogP contribution in [0.2, 0.25) is 5.02 Å². The van der Waals surface area contributed by atoms with Gasteiger partial charge in [0.25, 0.3) is 11.8 Å². The molecule has 0 radical (unpaired) electrons. The van der Waals surface area contributed by atoms with E-state index in [1.165, 1.54) is 24.4 Å². The second-order valence-electron chi connectivity index (χ2n) is 7.18. The Morgan fingerprint density at radius 3 is 2.48 bits per heavy atom. The highest BCUT2D eigenvalue weighted by Crippen LogP contribution is 2.31. The number of pyridine rings is 1. The molecular formula is C20H18ClFN4O3. The van der Waals surface area contributed by atoms with Gasteiger partial charge in [-0.1, -0.05) is 17.7 Å². The Morgan fingerprint density at radius 2 is 1.83 bits per heavy atom. The van der Waals surface area contributed by atoms with Crippen LogP contribution in [0.25, 0.3) is 0 Å². The van der Waals surface area contributed by atoms with E-state index in [4.69, 9.17) is 11.6 Å². The number of anilines is 2. The fourth-order valence-electron chi connectivity index (χ4n) is 2.77. The lowest BCUT2D eigenvalue weighted by Gasteiger charge is -2.14. The van der Waals surface area contributed by atoms with Crippen molar-refractivity contribution in [2.24, 2.45) is 5.92 Å². The zero-order chi connectivity index (χ0) is 20.5. The number of benzene rings is 1. The van der Waals surface area contributed by atoms with E-state index in [0.29, 0.717) is 0 Å². The topological polar surface area (TPSA) is 100 Å². The molecule has 3 amide bonds. The molecule has 1 aromatic carbocycles. The van der Waals surface area contributed by atoms with Crippen molar-refractivity contribution in [1.82, 2.24) is 10.3 Å². The van der Waals surface area contributed by atoms with Crippen LogP contribution in [-0.2, 0) is 4.79 Å². The lowest BCUT2D eigenvalue weighted by atomic mass is 10.1. The molecule has 2 fully saturated rings. The Hall–Kier alpha value is -3.00. The second kappa shape index (κ2) is 7.79. The van der Waals surface area contributed by atoms with Crippen LogP contribution in [0.5, 0.6) is 0 Å². The highest BCUT2D eigenvalue weighted by molar-refractivity contribution is 6.34. The highest BCUT2D eigenvalue weighted by Gasteiger charge is 2.30. The molecule has 0 spiro atoms. The molecule has 1 heterocycles. The lowest BCUT2D eigenvalue weighted by molar-refractivity contribution is -0.117. The number of nitrogens with one attached hydrogen (secondary N) is 3. The number of halogens is 2. The molecule has 150 valence electrons. The summed E-state index contributed by atoms with van der Waals surface area (Å²) >= 11 is 5.96. The van der Waals surface area contributed by atoms with Gasteiger partial charge in [-0.05, 0) is 37.8 Å². The molecule has 0 unspecified atom stereocenters. The van der Waals surface area contributed by atoms with E-state index in [0.717, 1.165) is 31.7 Å². The minimum Gasteiger partial charge on any atom is -0.349 e. The number of carbonyl (C=O) groups is 3. The zero-order valence-corrected chi connectivity index (χ0v) is 16.1. The molecule has 9 heteroatoms. The molecule has 1 aromatic heterocycles. The largest absolute Gasteiger partial charge is 0.349 e. The quantitative estimate of drug-likeness (QED) is 0.672. The van der Waals surface area contributed by atoms with E-state index in [1.54, 1.807) is 0 Å². The van der Waals surface area contributed by atoms with E-state index in [9.17, 15) is 18.8 Å². The van der Waals surface area contributed by atoms with E-state index in [1.807, 2.05) is 0 Å². The Labute approximate surface area is 171 Å². The Bertz CT molecular complexity index is 985. The van der Waals surface area contributed by atoms with Gasteiger partial charge in [0.05, 0.1) is 21.8 Å². The summed E-state index contributed by atoms with van der Waals surface area (Å²) in [6.07, 6.45) is 4.70. The van der Waals surface area contributed by atoms with Gasteiger partial charge in [-0.3, -0.25) is 14.4 Å². The van der Waals surface area contributed by atoms with Crippen LogP contribution >= 0.6 is 11.6 Å². The first-order valence-electron chi connectivity index (χ1n) is 9.29. The first kappa shape index (κ1) is 19.3. The lowest BCUT2D eigenvalue weighted by Crippen LogP contribution is -2.27. The van der Waals surface area contributed by atoms with Gasteiger partial charge in [-0.2, -0.15) is 0 Å². The van der Waals surface area contributed by atoms with Gasteiger partial charge in [-0.15, -0.1) is 0 Å². The predicted molar refractivity (Wildman–Crippen MR) is 105 cm³/mol. The normalized spacial score (nSPS) is 15.5. The Balaban J connectivity index is 1.62. The first-order valence-corrected chi connectivity index (χ1v) is 9.67. The van der Waals surface area contributed by atoms with Gasteiger partial charge in [0.15, 0.2) is 0 Å². The third-order valence-electron chi connectivity index (χ3n) is 4.70. The van der Waals surface area contributed by atoms with Crippen molar-refractivity contribution in [3.05, 3.63) is 52.4 Å². The standard InChI is InChI=1S/C20H18ClFN4O3/c21-13-2-1-3-14(22)17(13)20(29)25-15-8-16(26-18(27)10-4-5-10)23-9-12(15)19(28)24-11-6-7-11/h1-3,8-11H,4-7H2,(H,24,28)(H2,23,25,26,27,29). The van der Waals surface area contributed by atoms with Crippen LogP contribution < -0.4 is 16.0 Å². The molecule has 4 rings (SSSR count). The van der Waals surface area contributed by atoms with Crippen molar-refractivity contribution in [2.75, 3.05) is 10.6 Å². The van der Waals surface area contributed by atoms with Crippen LogP contribution in [0.15, 0.2) is 30.5 Å². The van der Waals surface area contributed by atoms with Crippen LogP contribution in [-0.4, -0.2) is 28.7 Å².